The van der Waals surface area contributed by atoms with Crippen LogP contribution in [0.2, 0.25) is 0 Å². The van der Waals surface area contributed by atoms with E-state index in [0.29, 0.717) is 25.0 Å². The second-order valence-corrected chi connectivity index (χ2v) is 8.26. The molecule has 0 saturated carbocycles. The third kappa shape index (κ3) is 4.93. The summed E-state index contributed by atoms with van der Waals surface area (Å²) in [6, 6.07) is 16.4. The molecule has 1 amide bonds. The molecule has 1 atom stereocenters. The van der Waals surface area contributed by atoms with Crippen LogP contribution in [-0.2, 0) is 4.79 Å². The minimum atomic E-state index is -0.0157. The lowest BCUT2D eigenvalue weighted by molar-refractivity contribution is -0.126. The molecule has 168 valence electrons. The van der Waals surface area contributed by atoms with Crippen LogP contribution in [0.4, 0.5) is 6.01 Å². The van der Waals surface area contributed by atoms with E-state index in [4.69, 9.17) is 9.15 Å². The molecular weight excluding hydrogens is 404 g/mol. The van der Waals surface area contributed by atoms with Crippen LogP contribution in [0.3, 0.4) is 0 Å². The Kier molecular flexibility index (Phi) is 6.73. The predicted molar refractivity (Wildman–Crippen MR) is 124 cm³/mol. The van der Waals surface area contributed by atoms with E-state index in [1.165, 1.54) is 5.56 Å². The van der Waals surface area contributed by atoms with Crippen LogP contribution < -0.4 is 15.0 Å². The molecule has 0 spiro atoms. The summed E-state index contributed by atoms with van der Waals surface area (Å²) < 4.78 is 11.1. The number of hydrogen-bond acceptors (Lipinski definition) is 6. The Morgan fingerprint density at radius 2 is 1.81 bits per heavy atom. The van der Waals surface area contributed by atoms with Crippen molar-refractivity contribution < 1.29 is 13.9 Å². The Hall–Kier alpha value is -3.35. The van der Waals surface area contributed by atoms with Gasteiger partial charge in [0.25, 0.3) is 0 Å². The SMILES string of the molecule is CC[C@H](NC(=O)C1CCN(c2nnc(-c3ccc(C)cc3)o2)CC1)c1ccc(OC)cc1. The highest BCUT2D eigenvalue weighted by Crippen LogP contribution is 2.27. The third-order valence-corrected chi connectivity index (χ3v) is 6.09. The largest absolute Gasteiger partial charge is 0.497 e. The molecule has 3 aromatic rings. The highest BCUT2D eigenvalue weighted by atomic mass is 16.5. The number of aryl methyl sites for hydroxylation is 1. The van der Waals surface area contributed by atoms with E-state index >= 15 is 0 Å². The smallest absolute Gasteiger partial charge is 0.318 e. The van der Waals surface area contributed by atoms with Crippen molar-refractivity contribution in [2.24, 2.45) is 5.92 Å². The van der Waals surface area contributed by atoms with Crippen molar-refractivity contribution in [1.29, 1.82) is 0 Å². The lowest BCUT2D eigenvalue weighted by Crippen LogP contribution is -2.41. The number of hydrogen-bond donors (Lipinski definition) is 1. The summed E-state index contributed by atoms with van der Waals surface area (Å²) in [6.45, 7) is 5.56. The molecule has 2 heterocycles. The van der Waals surface area contributed by atoms with Gasteiger partial charge < -0.3 is 19.4 Å². The van der Waals surface area contributed by atoms with E-state index in [-0.39, 0.29) is 17.9 Å². The number of aromatic nitrogens is 2. The number of ether oxygens (including phenoxy) is 1. The van der Waals surface area contributed by atoms with Crippen molar-refractivity contribution in [3.63, 3.8) is 0 Å². The van der Waals surface area contributed by atoms with Gasteiger partial charge >= 0.3 is 6.01 Å². The first-order valence-corrected chi connectivity index (χ1v) is 11.2. The van der Waals surface area contributed by atoms with Gasteiger partial charge in [0.15, 0.2) is 0 Å². The molecule has 1 N–H and O–H groups in total. The van der Waals surface area contributed by atoms with Gasteiger partial charge in [0.2, 0.25) is 11.8 Å². The topological polar surface area (TPSA) is 80.5 Å². The monoisotopic (exact) mass is 434 g/mol. The molecule has 1 aromatic heterocycles. The first kappa shape index (κ1) is 21.9. The average molecular weight is 435 g/mol. The Labute approximate surface area is 188 Å². The van der Waals surface area contributed by atoms with Gasteiger partial charge in [0.1, 0.15) is 5.75 Å². The van der Waals surface area contributed by atoms with Crippen LogP contribution in [0, 0.1) is 12.8 Å². The number of nitrogens with zero attached hydrogens (tertiary/aromatic N) is 3. The van der Waals surface area contributed by atoms with E-state index in [1.54, 1.807) is 7.11 Å². The summed E-state index contributed by atoms with van der Waals surface area (Å²) in [4.78, 5) is 15.0. The van der Waals surface area contributed by atoms with Gasteiger partial charge in [0.05, 0.1) is 13.2 Å². The van der Waals surface area contributed by atoms with E-state index in [2.05, 4.69) is 27.3 Å². The zero-order chi connectivity index (χ0) is 22.5. The maximum absolute atomic E-state index is 12.9. The highest BCUT2D eigenvalue weighted by Gasteiger charge is 2.28. The molecule has 7 heteroatoms. The van der Waals surface area contributed by atoms with Crippen LogP contribution in [0.5, 0.6) is 5.75 Å². The Bertz CT molecular complexity index is 1020. The third-order valence-electron chi connectivity index (χ3n) is 6.09. The van der Waals surface area contributed by atoms with Crippen LogP contribution in [0.15, 0.2) is 52.9 Å². The molecule has 2 aromatic carbocycles. The molecule has 7 nitrogen and oxygen atoms in total. The predicted octanol–water partition coefficient (Wildman–Crippen LogP) is 4.54. The summed E-state index contributed by atoms with van der Waals surface area (Å²) in [5, 5.41) is 11.6. The molecule has 1 saturated heterocycles. The molecule has 4 rings (SSSR count). The van der Waals surface area contributed by atoms with Crippen LogP contribution in [-0.4, -0.2) is 36.3 Å². The second-order valence-electron chi connectivity index (χ2n) is 8.26. The van der Waals surface area contributed by atoms with E-state index < -0.39 is 0 Å². The lowest BCUT2D eigenvalue weighted by Gasteiger charge is -2.31. The van der Waals surface area contributed by atoms with Gasteiger partial charge in [-0.05, 0) is 56.0 Å². The first-order valence-electron chi connectivity index (χ1n) is 11.2. The summed E-state index contributed by atoms with van der Waals surface area (Å²) >= 11 is 0. The highest BCUT2D eigenvalue weighted by molar-refractivity contribution is 5.79. The number of nitrogens with one attached hydrogen (secondary N) is 1. The van der Waals surface area contributed by atoms with Gasteiger partial charge in [-0.25, -0.2) is 0 Å². The number of carbonyl (C=O) groups excluding carboxylic acids is 1. The normalized spacial score (nSPS) is 15.4. The summed E-state index contributed by atoms with van der Waals surface area (Å²) in [6.07, 6.45) is 2.35. The van der Waals surface area contributed by atoms with Crippen LogP contribution in [0.25, 0.3) is 11.5 Å². The van der Waals surface area contributed by atoms with E-state index in [0.717, 1.165) is 36.1 Å². The second kappa shape index (κ2) is 9.85. The van der Waals surface area contributed by atoms with Crippen LogP contribution in [0.1, 0.15) is 43.4 Å². The number of amides is 1. The minimum absolute atomic E-state index is 0.000515. The standard InChI is InChI=1S/C25H30N4O3/c1-4-22(18-9-11-21(31-3)12-10-18)26-23(30)19-13-15-29(16-14-19)25-28-27-24(32-25)20-7-5-17(2)6-8-20/h5-12,19,22H,4,13-16H2,1-3H3,(H,26,30)/t22-/m0/s1. The summed E-state index contributed by atoms with van der Waals surface area (Å²) in [5.41, 5.74) is 3.19. The number of piperidine rings is 1. The van der Waals surface area contributed by atoms with Gasteiger partial charge in [-0.3, -0.25) is 4.79 Å². The quantitative estimate of drug-likeness (QED) is 0.588. The fourth-order valence-electron chi connectivity index (χ4n) is 4.04. The van der Waals surface area contributed by atoms with Crippen molar-refractivity contribution in [2.75, 3.05) is 25.1 Å². The summed E-state index contributed by atoms with van der Waals surface area (Å²) in [7, 11) is 1.65. The summed E-state index contributed by atoms with van der Waals surface area (Å²) in [5.74, 6) is 1.43. The van der Waals surface area contributed by atoms with Gasteiger partial charge in [-0.2, -0.15) is 0 Å². The average Bonchev–Trinajstić information content (AvgIpc) is 3.33. The molecule has 0 bridgehead atoms. The maximum atomic E-state index is 12.9. The molecule has 32 heavy (non-hydrogen) atoms. The number of methoxy groups -OCH3 is 1. The molecule has 0 unspecified atom stereocenters. The van der Waals surface area contributed by atoms with Crippen molar-refractivity contribution in [2.45, 2.75) is 39.2 Å². The van der Waals surface area contributed by atoms with Gasteiger partial charge in [0, 0.05) is 24.6 Å². The van der Waals surface area contributed by atoms with Crippen molar-refractivity contribution >= 4 is 11.9 Å². The molecular formula is C25H30N4O3. The maximum Gasteiger partial charge on any atom is 0.318 e. The number of carbonyl (C=O) groups is 1. The number of rotatable bonds is 7. The lowest BCUT2D eigenvalue weighted by atomic mass is 9.95. The Morgan fingerprint density at radius 3 is 2.44 bits per heavy atom. The number of benzene rings is 2. The van der Waals surface area contributed by atoms with Crippen molar-refractivity contribution in [1.82, 2.24) is 15.5 Å². The van der Waals surface area contributed by atoms with Crippen LogP contribution >= 0.6 is 0 Å². The molecule has 1 aliphatic heterocycles. The molecule has 1 fully saturated rings. The fraction of sp³-hybridized carbons (Fsp3) is 0.400. The van der Waals surface area contributed by atoms with Crippen molar-refractivity contribution in [3.05, 3.63) is 59.7 Å². The van der Waals surface area contributed by atoms with E-state index in [9.17, 15) is 4.79 Å². The first-order chi connectivity index (χ1) is 15.6. The van der Waals surface area contributed by atoms with Gasteiger partial charge in [-0.15, -0.1) is 5.10 Å². The Morgan fingerprint density at radius 1 is 1.12 bits per heavy atom. The molecule has 1 aliphatic rings. The fourth-order valence-corrected chi connectivity index (χ4v) is 4.04. The van der Waals surface area contributed by atoms with Gasteiger partial charge in [-0.1, -0.05) is 41.9 Å². The molecule has 0 radical (unpaired) electrons. The molecule has 0 aliphatic carbocycles. The zero-order valence-electron chi connectivity index (χ0n) is 18.9. The number of anilines is 1. The van der Waals surface area contributed by atoms with Crippen molar-refractivity contribution in [3.8, 4) is 17.2 Å². The van der Waals surface area contributed by atoms with E-state index in [1.807, 2.05) is 55.5 Å². The minimum Gasteiger partial charge on any atom is -0.497 e. The Balaban J connectivity index is 1.33. The zero-order valence-corrected chi connectivity index (χ0v) is 18.9.